The number of likely N-dealkylation sites (tertiary alicyclic amines) is 1. The summed E-state index contributed by atoms with van der Waals surface area (Å²) in [5.41, 5.74) is 5.33. The van der Waals surface area contributed by atoms with Crippen LogP contribution in [0.3, 0.4) is 0 Å². The molecule has 0 aromatic carbocycles. The molecule has 2 aliphatic rings. The Labute approximate surface area is 128 Å². The second kappa shape index (κ2) is 7.67. The van der Waals surface area contributed by atoms with Crippen LogP contribution in [0.2, 0.25) is 0 Å². The Morgan fingerprint density at radius 1 is 1.42 bits per heavy atom. The van der Waals surface area contributed by atoms with E-state index in [1.807, 2.05) is 0 Å². The van der Waals surface area contributed by atoms with Crippen molar-refractivity contribution in [2.75, 3.05) is 26.2 Å². The van der Waals surface area contributed by atoms with E-state index >= 15 is 0 Å². The number of carbonyl (C=O) groups is 1. The highest BCUT2D eigenvalue weighted by Gasteiger charge is 2.45. The van der Waals surface area contributed by atoms with Crippen molar-refractivity contribution in [1.82, 2.24) is 10.2 Å². The van der Waals surface area contributed by atoms with Crippen LogP contribution in [-0.2, 0) is 4.79 Å². The minimum atomic E-state index is -0.518. The number of hydrogen-bond acceptors (Lipinski definition) is 3. The van der Waals surface area contributed by atoms with Gasteiger partial charge in [-0.15, -0.1) is 24.8 Å². The van der Waals surface area contributed by atoms with Crippen molar-refractivity contribution in [3.05, 3.63) is 0 Å². The predicted molar refractivity (Wildman–Crippen MR) is 83.0 cm³/mol. The van der Waals surface area contributed by atoms with Gasteiger partial charge in [0.25, 0.3) is 0 Å². The molecule has 1 saturated heterocycles. The Hall–Kier alpha value is -0.0300. The van der Waals surface area contributed by atoms with E-state index in [0.717, 1.165) is 31.8 Å². The van der Waals surface area contributed by atoms with Crippen LogP contribution in [0.5, 0.6) is 0 Å². The summed E-state index contributed by atoms with van der Waals surface area (Å²) in [5, 5.41) is 3.01. The molecule has 1 aliphatic carbocycles. The van der Waals surface area contributed by atoms with Crippen LogP contribution in [0.25, 0.3) is 0 Å². The molecular weight excluding hydrogens is 285 g/mol. The summed E-state index contributed by atoms with van der Waals surface area (Å²) in [5.74, 6) is 1.39. The highest BCUT2D eigenvalue weighted by atomic mass is 35.5. The summed E-state index contributed by atoms with van der Waals surface area (Å²) in [6.45, 7) is 8.76. The van der Waals surface area contributed by atoms with Gasteiger partial charge in [0.05, 0.1) is 5.54 Å². The molecule has 1 saturated carbocycles. The van der Waals surface area contributed by atoms with Crippen molar-refractivity contribution >= 4 is 30.7 Å². The number of hydrogen-bond donors (Lipinski definition) is 2. The lowest BCUT2D eigenvalue weighted by molar-refractivity contribution is -0.123. The first-order valence-corrected chi connectivity index (χ1v) is 6.79. The molecule has 2 rings (SSSR count). The first-order valence-electron chi connectivity index (χ1n) is 6.79. The lowest BCUT2D eigenvalue weighted by atomic mass is 10.1. The molecule has 0 aromatic heterocycles. The van der Waals surface area contributed by atoms with Crippen molar-refractivity contribution in [3.8, 4) is 0 Å². The van der Waals surface area contributed by atoms with E-state index in [1.165, 1.54) is 19.5 Å². The quantitative estimate of drug-likeness (QED) is 0.807. The fraction of sp³-hybridized carbons (Fsp3) is 0.923. The van der Waals surface area contributed by atoms with Crippen molar-refractivity contribution in [2.24, 2.45) is 17.6 Å². The molecule has 0 bridgehead atoms. The van der Waals surface area contributed by atoms with Crippen LogP contribution in [0.4, 0.5) is 0 Å². The molecule has 0 aromatic rings. The molecule has 3 N–H and O–H groups in total. The zero-order valence-corrected chi connectivity index (χ0v) is 13.5. The average Bonchev–Trinajstić information content (AvgIpc) is 2.86. The smallest absolute Gasteiger partial charge is 0.240 e. The normalized spacial score (nSPS) is 24.5. The Morgan fingerprint density at radius 2 is 2.05 bits per heavy atom. The van der Waals surface area contributed by atoms with E-state index in [0.29, 0.717) is 5.92 Å². The topological polar surface area (TPSA) is 58.4 Å². The fourth-order valence-electron chi connectivity index (χ4n) is 2.54. The highest BCUT2D eigenvalue weighted by Crippen LogP contribution is 2.32. The molecule has 114 valence electrons. The third-order valence-corrected chi connectivity index (χ3v) is 3.79. The van der Waals surface area contributed by atoms with E-state index in [1.54, 1.807) is 0 Å². The molecule has 1 heterocycles. The second-order valence-electron chi connectivity index (χ2n) is 6.17. The van der Waals surface area contributed by atoms with Crippen molar-refractivity contribution in [2.45, 2.75) is 38.6 Å². The minimum absolute atomic E-state index is 0. The molecule has 1 amide bonds. The molecule has 1 aliphatic heterocycles. The molecule has 2 fully saturated rings. The average molecular weight is 312 g/mol. The minimum Gasteiger partial charge on any atom is -0.354 e. The standard InChI is InChI=1S/C13H25N3O.2ClH/c1-10(2)8-16-6-3-11(9-16)7-15-12(17)13(14)4-5-13;;/h10-11H,3-9,14H2,1-2H3,(H,15,17);2*1H. The maximum absolute atomic E-state index is 11.7. The van der Waals surface area contributed by atoms with Gasteiger partial charge in [-0.3, -0.25) is 4.79 Å². The summed E-state index contributed by atoms with van der Waals surface area (Å²) in [7, 11) is 0. The van der Waals surface area contributed by atoms with Gasteiger partial charge in [-0.1, -0.05) is 13.8 Å². The Morgan fingerprint density at radius 3 is 2.58 bits per heavy atom. The van der Waals surface area contributed by atoms with E-state index in [4.69, 9.17) is 5.73 Å². The zero-order valence-electron chi connectivity index (χ0n) is 11.9. The number of nitrogens with one attached hydrogen (secondary N) is 1. The first kappa shape index (κ1) is 19.0. The zero-order chi connectivity index (χ0) is 12.5. The lowest BCUT2D eigenvalue weighted by Crippen LogP contribution is -2.44. The van der Waals surface area contributed by atoms with Crippen molar-refractivity contribution < 1.29 is 4.79 Å². The van der Waals surface area contributed by atoms with Crippen LogP contribution in [0, 0.1) is 11.8 Å². The Bertz CT molecular complexity index is 296. The Kier molecular flexibility index (Phi) is 7.66. The summed E-state index contributed by atoms with van der Waals surface area (Å²) < 4.78 is 0. The van der Waals surface area contributed by atoms with Crippen LogP contribution in [0.1, 0.15) is 33.1 Å². The fourth-order valence-corrected chi connectivity index (χ4v) is 2.54. The number of amides is 1. The number of nitrogens with zero attached hydrogens (tertiary/aromatic N) is 1. The molecule has 1 unspecified atom stereocenters. The van der Waals surface area contributed by atoms with Gasteiger partial charge in [0.2, 0.25) is 5.91 Å². The van der Waals surface area contributed by atoms with Crippen LogP contribution in [-0.4, -0.2) is 42.5 Å². The van der Waals surface area contributed by atoms with Gasteiger partial charge >= 0.3 is 0 Å². The van der Waals surface area contributed by atoms with Gasteiger partial charge in [-0.25, -0.2) is 0 Å². The number of rotatable bonds is 5. The van der Waals surface area contributed by atoms with Crippen molar-refractivity contribution in [1.29, 1.82) is 0 Å². The Balaban J connectivity index is 0.00000162. The van der Waals surface area contributed by atoms with E-state index in [9.17, 15) is 4.79 Å². The van der Waals surface area contributed by atoms with Crippen LogP contribution in [0.15, 0.2) is 0 Å². The van der Waals surface area contributed by atoms with E-state index in [2.05, 4.69) is 24.1 Å². The summed E-state index contributed by atoms with van der Waals surface area (Å²) >= 11 is 0. The van der Waals surface area contributed by atoms with E-state index < -0.39 is 5.54 Å². The molecule has 6 heteroatoms. The van der Waals surface area contributed by atoms with Gasteiger partial charge in [0.1, 0.15) is 0 Å². The monoisotopic (exact) mass is 311 g/mol. The molecule has 19 heavy (non-hydrogen) atoms. The van der Waals surface area contributed by atoms with Gasteiger partial charge < -0.3 is 16.0 Å². The van der Waals surface area contributed by atoms with Gasteiger partial charge in [-0.2, -0.15) is 0 Å². The second-order valence-corrected chi connectivity index (χ2v) is 6.17. The first-order chi connectivity index (χ1) is 7.99. The molecule has 1 atom stereocenters. The maximum atomic E-state index is 11.7. The van der Waals surface area contributed by atoms with Gasteiger partial charge in [0, 0.05) is 19.6 Å². The third kappa shape index (κ3) is 5.46. The molecule has 0 radical (unpaired) electrons. The predicted octanol–water partition coefficient (Wildman–Crippen LogP) is 1.42. The number of nitrogens with two attached hydrogens (primary N) is 1. The lowest BCUT2D eigenvalue weighted by Gasteiger charge is -2.18. The van der Waals surface area contributed by atoms with Crippen molar-refractivity contribution in [3.63, 3.8) is 0 Å². The van der Waals surface area contributed by atoms with Gasteiger partial charge in [-0.05, 0) is 37.6 Å². The third-order valence-electron chi connectivity index (χ3n) is 3.79. The summed E-state index contributed by atoms with van der Waals surface area (Å²) in [4.78, 5) is 14.2. The SMILES string of the molecule is CC(C)CN1CCC(CNC(=O)C2(N)CC2)C1.Cl.Cl. The molecule has 0 spiro atoms. The number of carbonyl (C=O) groups excluding carboxylic acids is 1. The maximum Gasteiger partial charge on any atom is 0.240 e. The largest absolute Gasteiger partial charge is 0.354 e. The summed E-state index contributed by atoms with van der Waals surface area (Å²) in [6, 6.07) is 0. The van der Waals surface area contributed by atoms with E-state index in [-0.39, 0.29) is 30.7 Å². The molecular formula is C13H27Cl2N3O. The van der Waals surface area contributed by atoms with Crippen LogP contribution < -0.4 is 11.1 Å². The number of halogens is 2. The van der Waals surface area contributed by atoms with Gasteiger partial charge in [0.15, 0.2) is 0 Å². The summed E-state index contributed by atoms with van der Waals surface area (Å²) in [6.07, 6.45) is 2.90. The van der Waals surface area contributed by atoms with Crippen LogP contribution >= 0.6 is 24.8 Å². The highest BCUT2D eigenvalue weighted by molar-refractivity contribution is 5.88. The molecule has 4 nitrogen and oxygen atoms in total.